The number of allylic oxidation sites excluding steroid dienone is 2. The highest BCUT2D eigenvalue weighted by Crippen LogP contribution is 2.19. The second kappa shape index (κ2) is 4.04. The van der Waals surface area contributed by atoms with E-state index in [9.17, 15) is 9.59 Å². The van der Waals surface area contributed by atoms with Crippen molar-refractivity contribution in [3.63, 3.8) is 0 Å². The molecule has 0 amide bonds. The van der Waals surface area contributed by atoms with Crippen molar-refractivity contribution in [3.05, 3.63) is 11.6 Å². The van der Waals surface area contributed by atoms with Gasteiger partial charge in [0.2, 0.25) is 0 Å². The molecule has 0 aromatic carbocycles. The standard InChI is InChI=1S/C9H12O3/c1-7(10)12-4-2-3-8-5-9(11)6-8/h5H,2-4,6H2,1H3. The van der Waals surface area contributed by atoms with Gasteiger partial charge in [0.15, 0.2) is 5.78 Å². The van der Waals surface area contributed by atoms with Gasteiger partial charge in [-0.3, -0.25) is 9.59 Å². The smallest absolute Gasteiger partial charge is 0.302 e. The molecule has 0 heterocycles. The molecule has 66 valence electrons. The fourth-order valence-electron chi connectivity index (χ4n) is 1.10. The van der Waals surface area contributed by atoms with Gasteiger partial charge in [0.05, 0.1) is 6.61 Å². The Bertz CT molecular complexity index is 228. The van der Waals surface area contributed by atoms with Gasteiger partial charge in [-0.05, 0) is 18.9 Å². The Hall–Kier alpha value is -1.12. The van der Waals surface area contributed by atoms with E-state index in [0.29, 0.717) is 13.0 Å². The van der Waals surface area contributed by atoms with Crippen LogP contribution in [0.4, 0.5) is 0 Å². The number of rotatable bonds is 4. The summed E-state index contributed by atoms with van der Waals surface area (Å²) in [4.78, 5) is 20.8. The Morgan fingerprint density at radius 1 is 1.67 bits per heavy atom. The highest BCUT2D eigenvalue weighted by molar-refractivity contribution is 5.98. The van der Waals surface area contributed by atoms with E-state index in [1.807, 2.05) is 0 Å². The predicted octanol–water partition coefficient (Wildman–Crippen LogP) is 1.23. The molecular weight excluding hydrogens is 156 g/mol. The maximum atomic E-state index is 10.5. The summed E-state index contributed by atoms with van der Waals surface area (Å²) in [7, 11) is 0. The number of carbonyl (C=O) groups is 2. The van der Waals surface area contributed by atoms with Crippen molar-refractivity contribution in [2.75, 3.05) is 6.61 Å². The molecule has 3 nitrogen and oxygen atoms in total. The van der Waals surface area contributed by atoms with Crippen LogP contribution in [0.3, 0.4) is 0 Å². The van der Waals surface area contributed by atoms with Crippen molar-refractivity contribution in [1.82, 2.24) is 0 Å². The zero-order chi connectivity index (χ0) is 8.97. The van der Waals surface area contributed by atoms with E-state index in [4.69, 9.17) is 4.74 Å². The van der Waals surface area contributed by atoms with E-state index < -0.39 is 0 Å². The number of ether oxygens (including phenoxy) is 1. The monoisotopic (exact) mass is 168 g/mol. The maximum Gasteiger partial charge on any atom is 0.302 e. The van der Waals surface area contributed by atoms with Crippen LogP contribution in [-0.2, 0) is 14.3 Å². The molecule has 0 saturated carbocycles. The van der Waals surface area contributed by atoms with Crippen molar-refractivity contribution in [3.8, 4) is 0 Å². The van der Waals surface area contributed by atoms with Crippen molar-refractivity contribution in [2.45, 2.75) is 26.2 Å². The number of carbonyl (C=O) groups excluding carboxylic acids is 2. The van der Waals surface area contributed by atoms with E-state index >= 15 is 0 Å². The molecule has 0 fully saturated rings. The Balaban J connectivity index is 2.00. The first kappa shape index (κ1) is 8.97. The van der Waals surface area contributed by atoms with Gasteiger partial charge in [0.1, 0.15) is 0 Å². The lowest BCUT2D eigenvalue weighted by Crippen LogP contribution is -2.09. The molecule has 0 spiro atoms. The molecular formula is C9H12O3. The van der Waals surface area contributed by atoms with Gasteiger partial charge >= 0.3 is 5.97 Å². The molecule has 0 saturated heterocycles. The van der Waals surface area contributed by atoms with Crippen molar-refractivity contribution >= 4 is 11.8 Å². The average Bonchev–Trinajstić information content (AvgIpc) is 1.93. The van der Waals surface area contributed by atoms with Crippen LogP contribution in [-0.4, -0.2) is 18.4 Å². The summed E-state index contributed by atoms with van der Waals surface area (Å²) >= 11 is 0. The molecule has 1 rings (SSSR count). The normalized spacial score (nSPS) is 15.1. The van der Waals surface area contributed by atoms with Crippen LogP contribution < -0.4 is 0 Å². The summed E-state index contributed by atoms with van der Waals surface area (Å²) < 4.78 is 4.74. The van der Waals surface area contributed by atoms with Crippen LogP contribution in [0.5, 0.6) is 0 Å². The third-order valence-corrected chi connectivity index (χ3v) is 1.71. The molecule has 0 N–H and O–H groups in total. The minimum Gasteiger partial charge on any atom is -0.466 e. The van der Waals surface area contributed by atoms with Crippen LogP contribution in [0, 0.1) is 0 Å². The van der Waals surface area contributed by atoms with Gasteiger partial charge < -0.3 is 4.74 Å². The zero-order valence-electron chi connectivity index (χ0n) is 7.13. The summed E-state index contributed by atoms with van der Waals surface area (Å²) in [6.07, 6.45) is 3.95. The van der Waals surface area contributed by atoms with Crippen molar-refractivity contribution in [2.24, 2.45) is 0 Å². The second-order valence-electron chi connectivity index (χ2n) is 2.89. The number of ketones is 1. The first-order chi connectivity index (χ1) is 5.68. The molecule has 0 aromatic heterocycles. The lowest BCUT2D eigenvalue weighted by atomic mass is 9.94. The number of hydrogen-bond donors (Lipinski definition) is 0. The summed E-state index contributed by atoms with van der Waals surface area (Å²) in [5.74, 6) is -0.0360. The lowest BCUT2D eigenvalue weighted by Gasteiger charge is -2.12. The van der Waals surface area contributed by atoms with Crippen LogP contribution in [0.25, 0.3) is 0 Å². The summed E-state index contributed by atoms with van der Waals surface area (Å²) in [5, 5.41) is 0. The third-order valence-electron chi connectivity index (χ3n) is 1.71. The molecule has 0 bridgehead atoms. The van der Waals surface area contributed by atoms with Gasteiger partial charge in [0, 0.05) is 13.3 Å². The molecule has 0 aliphatic heterocycles. The SMILES string of the molecule is CC(=O)OCCCC1=CC(=O)C1. The predicted molar refractivity (Wildman–Crippen MR) is 43.6 cm³/mol. The van der Waals surface area contributed by atoms with Crippen LogP contribution >= 0.6 is 0 Å². The highest BCUT2D eigenvalue weighted by Gasteiger charge is 2.13. The van der Waals surface area contributed by atoms with Crippen molar-refractivity contribution in [1.29, 1.82) is 0 Å². The molecule has 0 aromatic rings. The van der Waals surface area contributed by atoms with Gasteiger partial charge in [-0.15, -0.1) is 0 Å². The quantitative estimate of drug-likeness (QED) is 0.468. The fourth-order valence-corrected chi connectivity index (χ4v) is 1.10. The van der Waals surface area contributed by atoms with Gasteiger partial charge in [-0.1, -0.05) is 5.57 Å². The summed E-state index contributed by atoms with van der Waals surface area (Å²) in [5.41, 5.74) is 1.17. The fraction of sp³-hybridized carbons (Fsp3) is 0.556. The first-order valence-corrected chi connectivity index (χ1v) is 4.04. The van der Waals surface area contributed by atoms with Crippen LogP contribution in [0.1, 0.15) is 26.2 Å². The molecule has 3 heteroatoms. The Morgan fingerprint density at radius 3 is 2.83 bits per heavy atom. The van der Waals surface area contributed by atoms with E-state index in [2.05, 4.69) is 0 Å². The molecule has 0 atom stereocenters. The van der Waals surface area contributed by atoms with E-state index in [-0.39, 0.29) is 11.8 Å². The summed E-state index contributed by atoms with van der Waals surface area (Å²) in [6, 6.07) is 0. The first-order valence-electron chi connectivity index (χ1n) is 4.04. The largest absolute Gasteiger partial charge is 0.466 e. The van der Waals surface area contributed by atoms with Gasteiger partial charge in [-0.25, -0.2) is 0 Å². The molecule has 1 aliphatic rings. The van der Waals surface area contributed by atoms with Crippen LogP contribution in [0.2, 0.25) is 0 Å². The molecule has 1 aliphatic carbocycles. The average molecular weight is 168 g/mol. The topological polar surface area (TPSA) is 43.4 Å². The Kier molecular flexibility index (Phi) is 3.02. The van der Waals surface area contributed by atoms with E-state index in [0.717, 1.165) is 12.8 Å². The van der Waals surface area contributed by atoms with Gasteiger partial charge in [0.25, 0.3) is 0 Å². The Morgan fingerprint density at radius 2 is 2.33 bits per heavy atom. The minimum atomic E-state index is -0.242. The second-order valence-corrected chi connectivity index (χ2v) is 2.89. The zero-order valence-corrected chi connectivity index (χ0v) is 7.13. The third kappa shape index (κ3) is 2.86. The lowest BCUT2D eigenvalue weighted by molar-refractivity contribution is -0.141. The summed E-state index contributed by atoms with van der Waals surface area (Å²) in [6.45, 7) is 1.85. The van der Waals surface area contributed by atoms with E-state index in [1.54, 1.807) is 6.08 Å². The van der Waals surface area contributed by atoms with Gasteiger partial charge in [-0.2, -0.15) is 0 Å². The number of hydrogen-bond acceptors (Lipinski definition) is 3. The maximum absolute atomic E-state index is 10.5. The van der Waals surface area contributed by atoms with Crippen LogP contribution in [0.15, 0.2) is 11.6 Å². The van der Waals surface area contributed by atoms with Crippen molar-refractivity contribution < 1.29 is 14.3 Å². The molecule has 12 heavy (non-hydrogen) atoms. The molecule has 0 radical (unpaired) electrons. The highest BCUT2D eigenvalue weighted by atomic mass is 16.5. The van der Waals surface area contributed by atoms with E-state index in [1.165, 1.54) is 12.5 Å². The number of esters is 1. The Labute approximate surface area is 71.4 Å². The minimum absolute atomic E-state index is 0.206. The molecule has 0 unspecified atom stereocenters.